The summed E-state index contributed by atoms with van der Waals surface area (Å²) >= 11 is 5.46. The predicted molar refractivity (Wildman–Crippen MR) is 138 cm³/mol. The average molecular weight is 515 g/mol. The molecule has 0 bridgehead atoms. The first-order valence-corrected chi connectivity index (χ1v) is 12.2. The van der Waals surface area contributed by atoms with E-state index in [1.54, 1.807) is 7.11 Å². The standard InChI is InChI=1S/C28H31ClO7/c1-31-24-6-2-22(3-7-24)23-4-8-26(9-5-23)36-27-12-10-25(11-13-27)34-20-18-32-16-17-33-19-21-35-28(30)14-15-29/h2-13H,14-21H2,1H3. The van der Waals surface area contributed by atoms with Crippen molar-refractivity contribution in [2.24, 2.45) is 0 Å². The van der Waals surface area contributed by atoms with Gasteiger partial charge in [0.2, 0.25) is 0 Å². The third kappa shape index (κ3) is 9.77. The van der Waals surface area contributed by atoms with Gasteiger partial charge in [0.05, 0.1) is 40.0 Å². The van der Waals surface area contributed by atoms with Crippen molar-refractivity contribution in [1.82, 2.24) is 0 Å². The number of esters is 1. The number of benzene rings is 3. The fourth-order valence-corrected chi connectivity index (χ4v) is 3.30. The fourth-order valence-electron chi connectivity index (χ4n) is 3.14. The molecule has 0 aliphatic heterocycles. The van der Waals surface area contributed by atoms with Crippen molar-refractivity contribution >= 4 is 17.6 Å². The minimum Gasteiger partial charge on any atom is -0.497 e. The van der Waals surface area contributed by atoms with Crippen LogP contribution in [0.5, 0.6) is 23.0 Å². The van der Waals surface area contributed by atoms with Crippen molar-refractivity contribution in [1.29, 1.82) is 0 Å². The first-order chi connectivity index (χ1) is 17.7. The average Bonchev–Trinajstić information content (AvgIpc) is 2.91. The molecule has 3 rings (SSSR count). The van der Waals surface area contributed by atoms with E-state index in [1.165, 1.54) is 0 Å². The molecular weight excluding hydrogens is 484 g/mol. The number of carbonyl (C=O) groups is 1. The number of halogens is 1. The van der Waals surface area contributed by atoms with E-state index in [-0.39, 0.29) is 24.9 Å². The van der Waals surface area contributed by atoms with E-state index in [9.17, 15) is 4.79 Å². The van der Waals surface area contributed by atoms with Gasteiger partial charge in [0, 0.05) is 5.88 Å². The van der Waals surface area contributed by atoms with E-state index in [1.807, 2.05) is 72.8 Å². The quantitative estimate of drug-likeness (QED) is 0.137. The van der Waals surface area contributed by atoms with Crippen LogP contribution in [0, 0.1) is 0 Å². The Balaban J connectivity index is 1.29. The van der Waals surface area contributed by atoms with Gasteiger partial charge in [-0.1, -0.05) is 24.3 Å². The maximum Gasteiger partial charge on any atom is 0.307 e. The molecule has 192 valence electrons. The van der Waals surface area contributed by atoms with Crippen molar-refractivity contribution in [3.63, 3.8) is 0 Å². The minimum absolute atomic E-state index is 0.209. The number of methoxy groups -OCH3 is 1. The second-order valence-electron chi connectivity index (χ2n) is 7.56. The molecule has 3 aromatic rings. The summed E-state index contributed by atoms with van der Waals surface area (Å²) in [5.41, 5.74) is 2.22. The summed E-state index contributed by atoms with van der Waals surface area (Å²) in [6, 6.07) is 23.3. The molecule has 0 saturated carbocycles. The van der Waals surface area contributed by atoms with E-state index in [0.29, 0.717) is 33.0 Å². The fraction of sp³-hybridized carbons (Fsp3) is 0.321. The zero-order chi connectivity index (χ0) is 25.4. The SMILES string of the molecule is COc1ccc(-c2ccc(Oc3ccc(OCCOCCOCCOC(=O)CCCl)cc3)cc2)cc1. The van der Waals surface area contributed by atoms with Crippen LogP contribution in [0.3, 0.4) is 0 Å². The van der Waals surface area contributed by atoms with E-state index in [4.69, 9.17) is 40.0 Å². The molecule has 0 atom stereocenters. The lowest BCUT2D eigenvalue weighted by Crippen LogP contribution is -2.14. The van der Waals surface area contributed by atoms with E-state index in [0.717, 1.165) is 34.1 Å². The second-order valence-corrected chi connectivity index (χ2v) is 7.94. The highest BCUT2D eigenvalue weighted by atomic mass is 35.5. The largest absolute Gasteiger partial charge is 0.497 e. The van der Waals surface area contributed by atoms with Gasteiger partial charge in [0.25, 0.3) is 0 Å². The topological polar surface area (TPSA) is 72.5 Å². The zero-order valence-corrected chi connectivity index (χ0v) is 21.1. The van der Waals surface area contributed by atoms with E-state index >= 15 is 0 Å². The zero-order valence-electron chi connectivity index (χ0n) is 20.3. The highest BCUT2D eigenvalue weighted by Crippen LogP contribution is 2.28. The Hall–Kier alpha value is -3.26. The Bertz CT molecular complexity index is 1020. The van der Waals surface area contributed by atoms with Gasteiger partial charge >= 0.3 is 5.97 Å². The molecule has 0 aromatic heterocycles. The molecule has 0 heterocycles. The lowest BCUT2D eigenvalue weighted by molar-refractivity contribution is -0.144. The molecule has 0 amide bonds. The summed E-state index contributed by atoms with van der Waals surface area (Å²) in [6.45, 7) is 2.25. The molecule has 36 heavy (non-hydrogen) atoms. The highest BCUT2D eigenvalue weighted by Gasteiger charge is 2.03. The Morgan fingerprint density at radius 2 is 1.11 bits per heavy atom. The number of hydrogen-bond acceptors (Lipinski definition) is 7. The summed E-state index contributed by atoms with van der Waals surface area (Å²) in [5, 5.41) is 0. The Morgan fingerprint density at radius 3 is 1.67 bits per heavy atom. The molecular formula is C28H31ClO7. The molecule has 7 nitrogen and oxygen atoms in total. The molecule has 0 unspecified atom stereocenters. The van der Waals surface area contributed by atoms with Crippen LogP contribution in [-0.4, -0.2) is 58.6 Å². The second kappa shape index (κ2) is 15.7. The molecule has 0 fully saturated rings. The van der Waals surface area contributed by atoms with Crippen molar-refractivity contribution in [3.8, 4) is 34.1 Å². The number of hydrogen-bond donors (Lipinski definition) is 0. The Labute approximate surface area is 216 Å². The third-order valence-electron chi connectivity index (χ3n) is 4.99. The van der Waals surface area contributed by atoms with Crippen LogP contribution in [-0.2, 0) is 19.0 Å². The van der Waals surface area contributed by atoms with Crippen molar-refractivity contribution in [2.45, 2.75) is 6.42 Å². The molecule has 0 radical (unpaired) electrons. The molecule has 3 aromatic carbocycles. The number of alkyl halides is 1. The van der Waals surface area contributed by atoms with Gasteiger partial charge in [-0.15, -0.1) is 11.6 Å². The van der Waals surface area contributed by atoms with Crippen LogP contribution in [0.2, 0.25) is 0 Å². The molecule has 8 heteroatoms. The van der Waals surface area contributed by atoms with Gasteiger partial charge in [-0.2, -0.15) is 0 Å². The number of rotatable bonds is 16. The van der Waals surface area contributed by atoms with E-state index < -0.39 is 0 Å². The summed E-state index contributed by atoms with van der Waals surface area (Å²) < 4.78 is 32.6. The highest BCUT2D eigenvalue weighted by molar-refractivity contribution is 6.18. The molecule has 0 saturated heterocycles. The van der Waals surface area contributed by atoms with Crippen LogP contribution >= 0.6 is 11.6 Å². The Morgan fingerprint density at radius 1 is 0.639 bits per heavy atom. The molecule has 0 N–H and O–H groups in total. The van der Waals surface area contributed by atoms with Crippen LogP contribution in [0.4, 0.5) is 0 Å². The van der Waals surface area contributed by atoms with Crippen molar-refractivity contribution in [2.75, 3.05) is 52.6 Å². The van der Waals surface area contributed by atoms with Crippen LogP contribution in [0.15, 0.2) is 72.8 Å². The first kappa shape index (κ1) is 27.3. The van der Waals surface area contributed by atoms with Crippen molar-refractivity contribution < 1.29 is 33.2 Å². The smallest absolute Gasteiger partial charge is 0.307 e. The normalized spacial score (nSPS) is 10.6. The molecule has 0 aliphatic rings. The predicted octanol–water partition coefficient (Wildman–Crippen LogP) is 5.74. The summed E-state index contributed by atoms with van der Waals surface area (Å²) in [4.78, 5) is 11.1. The summed E-state index contributed by atoms with van der Waals surface area (Å²) in [6.07, 6.45) is 0.209. The van der Waals surface area contributed by atoms with Crippen LogP contribution in [0.1, 0.15) is 6.42 Å². The summed E-state index contributed by atoms with van der Waals surface area (Å²) in [7, 11) is 1.66. The Kier molecular flexibility index (Phi) is 11.9. The lowest BCUT2D eigenvalue weighted by atomic mass is 10.1. The molecule has 0 spiro atoms. The number of ether oxygens (including phenoxy) is 6. The van der Waals surface area contributed by atoms with Crippen LogP contribution in [0.25, 0.3) is 11.1 Å². The molecule has 0 aliphatic carbocycles. The van der Waals surface area contributed by atoms with Gasteiger partial charge in [-0.3, -0.25) is 4.79 Å². The first-order valence-electron chi connectivity index (χ1n) is 11.7. The lowest BCUT2D eigenvalue weighted by Gasteiger charge is -2.10. The minimum atomic E-state index is -0.319. The van der Waals surface area contributed by atoms with Crippen molar-refractivity contribution in [3.05, 3.63) is 72.8 Å². The maximum absolute atomic E-state index is 11.1. The summed E-state index contributed by atoms with van der Waals surface area (Å²) in [5.74, 6) is 2.98. The van der Waals surface area contributed by atoms with Crippen LogP contribution < -0.4 is 14.2 Å². The number of carbonyl (C=O) groups excluding carboxylic acids is 1. The van der Waals surface area contributed by atoms with Gasteiger partial charge in [0.1, 0.15) is 36.2 Å². The third-order valence-corrected chi connectivity index (χ3v) is 5.18. The monoisotopic (exact) mass is 514 g/mol. The maximum atomic E-state index is 11.1. The van der Waals surface area contributed by atoms with Gasteiger partial charge in [0.15, 0.2) is 0 Å². The van der Waals surface area contributed by atoms with Gasteiger partial charge in [-0.05, 0) is 59.7 Å². The van der Waals surface area contributed by atoms with Gasteiger partial charge < -0.3 is 28.4 Å². The van der Waals surface area contributed by atoms with Gasteiger partial charge in [-0.25, -0.2) is 0 Å². The van der Waals surface area contributed by atoms with E-state index in [2.05, 4.69) is 0 Å².